The number of fused-ring (bicyclic) bond motifs is 1. The Hall–Kier alpha value is -3.60. The minimum absolute atomic E-state index is 0.630. The van der Waals surface area contributed by atoms with Gasteiger partial charge < -0.3 is 15.4 Å². The maximum Gasteiger partial charge on any atom is 0.225 e. The molecule has 0 radical (unpaired) electrons. The molecule has 1 heterocycles. The van der Waals surface area contributed by atoms with Gasteiger partial charge in [0.05, 0.1) is 12.6 Å². The first kappa shape index (κ1) is 19.7. The maximum atomic E-state index is 5.44. The highest BCUT2D eigenvalue weighted by Crippen LogP contribution is 2.22. The molecule has 0 unspecified atom stereocenters. The number of para-hydroxylation sites is 2. The summed E-state index contributed by atoms with van der Waals surface area (Å²) in [5.41, 5.74) is 3.39. The number of rotatable bonds is 9. The van der Waals surface area contributed by atoms with E-state index in [9.17, 15) is 0 Å². The van der Waals surface area contributed by atoms with Crippen molar-refractivity contribution in [3.63, 3.8) is 0 Å². The van der Waals surface area contributed by atoms with Gasteiger partial charge >= 0.3 is 0 Å². The van der Waals surface area contributed by atoms with Gasteiger partial charge in [-0.25, -0.2) is 4.98 Å². The third-order valence-electron chi connectivity index (χ3n) is 5.02. The van der Waals surface area contributed by atoms with Gasteiger partial charge in [-0.2, -0.15) is 4.98 Å². The number of hydrogen-bond donors (Lipinski definition) is 2. The van der Waals surface area contributed by atoms with E-state index in [-0.39, 0.29) is 0 Å². The van der Waals surface area contributed by atoms with Gasteiger partial charge in [-0.05, 0) is 42.2 Å². The van der Waals surface area contributed by atoms with Crippen molar-refractivity contribution in [2.75, 3.05) is 30.8 Å². The number of methoxy groups -OCH3 is 1. The maximum absolute atomic E-state index is 5.44. The Morgan fingerprint density at radius 2 is 1.47 bits per heavy atom. The average Bonchev–Trinajstić information content (AvgIpc) is 2.80. The molecule has 0 saturated heterocycles. The normalized spacial score (nSPS) is 10.7. The van der Waals surface area contributed by atoms with E-state index >= 15 is 0 Å². The van der Waals surface area contributed by atoms with Crippen LogP contribution in [0, 0.1) is 0 Å². The summed E-state index contributed by atoms with van der Waals surface area (Å²) in [5, 5.41) is 7.89. The Morgan fingerprint density at radius 3 is 2.33 bits per heavy atom. The predicted molar refractivity (Wildman–Crippen MR) is 123 cm³/mol. The fourth-order valence-corrected chi connectivity index (χ4v) is 3.48. The molecule has 2 N–H and O–H groups in total. The third kappa shape index (κ3) is 4.87. The van der Waals surface area contributed by atoms with Gasteiger partial charge in [0.25, 0.3) is 0 Å². The number of aromatic nitrogens is 2. The Balaban J connectivity index is 1.45. The van der Waals surface area contributed by atoms with Crippen molar-refractivity contribution in [2.24, 2.45) is 0 Å². The van der Waals surface area contributed by atoms with Crippen LogP contribution in [0.25, 0.3) is 10.9 Å². The monoisotopic (exact) mass is 398 g/mol. The lowest BCUT2D eigenvalue weighted by molar-refractivity contribution is 0.410. The van der Waals surface area contributed by atoms with Crippen molar-refractivity contribution in [1.29, 1.82) is 0 Å². The zero-order chi connectivity index (χ0) is 20.6. The zero-order valence-corrected chi connectivity index (χ0v) is 17.1. The van der Waals surface area contributed by atoms with Crippen molar-refractivity contribution < 1.29 is 4.74 Å². The number of nitrogens with one attached hydrogen (secondary N) is 2. The number of anilines is 2. The second-order valence-electron chi connectivity index (χ2n) is 7.06. The minimum Gasteiger partial charge on any atom is -0.496 e. The van der Waals surface area contributed by atoms with Gasteiger partial charge in [-0.3, -0.25) is 0 Å². The Labute approximate surface area is 177 Å². The molecule has 3 aromatic carbocycles. The lowest BCUT2D eigenvalue weighted by Gasteiger charge is -2.13. The van der Waals surface area contributed by atoms with E-state index in [1.165, 1.54) is 5.56 Å². The Morgan fingerprint density at radius 1 is 0.733 bits per heavy atom. The van der Waals surface area contributed by atoms with Crippen LogP contribution in [0.4, 0.5) is 11.8 Å². The first-order valence-corrected chi connectivity index (χ1v) is 10.2. The summed E-state index contributed by atoms with van der Waals surface area (Å²) in [6.07, 6.45) is 1.77. The highest BCUT2D eigenvalue weighted by molar-refractivity contribution is 5.90. The van der Waals surface area contributed by atoms with E-state index in [0.29, 0.717) is 5.95 Å². The summed E-state index contributed by atoms with van der Waals surface area (Å²) in [5.74, 6) is 2.39. The topological polar surface area (TPSA) is 59.1 Å². The molecule has 0 bridgehead atoms. The van der Waals surface area contributed by atoms with E-state index in [2.05, 4.69) is 52.0 Å². The zero-order valence-electron chi connectivity index (χ0n) is 17.1. The molecule has 0 aliphatic carbocycles. The molecule has 0 atom stereocenters. The quantitative estimate of drug-likeness (QED) is 0.418. The summed E-state index contributed by atoms with van der Waals surface area (Å²) in [4.78, 5) is 9.42. The summed E-state index contributed by atoms with van der Waals surface area (Å²) in [7, 11) is 1.70. The van der Waals surface area contributed by atoms with E-state index in [1.54, 1.807) is 7.11 Å². The Bertz CT molecular complexity index is 1100. The summed E-state index contributed by atoms with van der Waals surface area (Å²) in [6, 6.07) is 26.6. The van der Waals surface area contributed by atoms with Gasteiger partial charge in [-0.1, -0.05) is 60.7 Å². The van der Waals surface area contributed by atoms with Crippen molar-refractivity contribution in [2.45, 2.75) is 12.8 Å². The molecule has 0 aliphatic rings. The summed E-state index contributed by atoms with van der Waals surface area (Å²) in [6.45, 7) is 1.54. The molecule has 5 heteroatoms. The molecular weight excluding hydrogens is 372 g/mol. The van der Waals surface area contributed by atoms with Crippen molar-refractivity contribution in [3.05, 3.63) is 90.0 Å². The number of ether oxygens (including phenoxy) is 1. The molecule has 0 amide bonds. The van der Waals surface area contributed by atoms with Crippen LogP contribution in [0.2, 0.25) is 0 Å². The van der Waals surface area contributed by atoms with E-state index < -0.39 is 0 Å². The van der Waals surface area contributed by atoms with Crippen molar-refractivity contribution in [3.8, 4) is 5.75 Å². The summed E-state index contributed by atoms with van der Waals surface area (Å²) < 4.78 is 5.44. The van der Waals surface area contributed by atoms with E-state index in [0.717, 1.165) is 54.0 Å². The van der Waals surface area contributed by atoms with E-state index in [1.807, 2.05) is 42.5 Å². The van der Waals surface area contributed by atoms with Crippen LogP contribution in [0.3, 0.4) is 0 Å². The van der Waals surface area contributed by atoms with Gasteiger partial charge in [-0.15, -0.1) is 0 Å². The molecule has 5 nitrogen and oxygen atoms in total. The number of benzene rings is 3. The van der Waals surface area contributed by atoms with Crippen LogP contribution in [0.15, 0.2) is 78.9 Å². The first-order chi connectivity index (χ1) is 14.8. The van der Waals surface area contributed by atoms with Crippen LogP contribution in [0.1, 0.15) is 11.1 Å². The lowest BCUT2D eigenvalue weighted by atomic mass is 10.1. The van der Waals surface area contributed by atoms with Crippen LogP contribution in [0.5, 0.6) is 5.75 Å². The molecule has 4 rings (SSSR count). The fourth-order valence-electron chi connectivity index (χ4n) is 3.48. The van der Waals surface area contributed by atoms with Gasteiger partial charge in [0.15, 0.2) is 0 Å². The van der Waals surface area contributed by atoms with Crippen LogP contribution in [-0.2, 0) is 12.8 Å². The van der Waals surface area contributed by atoms with E-state index in [4.69, 9.17) is 9.72 Å². The molecule has 1 aromatic heterocycles. The first-order valence-electron chi connectivity index (χ1n) is 10.2. The number of hydrogen-bond acceptors (Lipinski definition) is 5. The van der Waals surface area contributed by atoms with Crippen LogP contribution >= 0.6 is 0 Å². The molecule has 0 aliphatic heterocycles. The molecule has 4 aromatic rings. The second kappa shape index (κ2) is 9.74. The lowest BCUT2D eigenvalue weighted by Crippen LogP contribution is -2.12. The highest BCUT2D eigenvalue weighted by Gasteiger charge is 2.08. The highest BCUT2D eigenvalue weighted by atomic mass is 16.5. The minimum atomic E-state index is 0.630. The SMILES string of the molecule is COc1ccccc1CCNc1nc(NCCc2ccccc2)c2ccccc2n1. The van der Waals surface area contributed by atoms with Crippen molar-refractivity contribution in [1.82, 2.24) is 9.97 Å². The average molecular weight is 399 g/mol. The van der Waals surface area contributed by atoms with Gasteiger partial charge in [0, 0.05) is 18.5 Å². The van der Waals surface area contributed by atoms with Gasteiger partial charge in [0.1, 0.15) is 11.6 Å². The smallest absolute Gasteiger partial charge is 0.225 e. The van der Waals surface area contributed by atoms with Gasteiger partial charge in [0.2, 0.25) is 5.95 Å². The fraction of sp³-hybridized carbons (Fsp3) is 0.200. The summed E-state index contributed by atoms with van der Waals surface area (Å²) >= 11 is 0. The molecule has 0 fully saturated rings. The van der Waals surface area contributed by atoms with Crippen molar-refractivity contribution >= 4 is 22.7 Å². The largest absolute Gasteiger partial charge is 0.496 e. The number of nitrogens with zero attached hydrogens (tertiary/aromatic N) is 2. The Kier molecular flexibility index (Phi) is 6.40. The molecule has 0 saturated carbocycles. The second-order valence-corrected chi connectivity index (χ2v) is 7.06. The standard InChI is InChI=1S/C25H26N4O/c1-30-23-14-8-5-11-20(23)16-18-27-25-28-22-13-7-6-12-21(22)24(29-25)26-17-15-19-9-3-2-4-10-19/h2-14H,15-18H2,1H3,(H2,26,27,28,29). The predicted octanol–water partition coefficient (Wildman–Crippen LogP) is 4.95. The van der Waals surface area contributed by atoms with Crippen LogP contribution in [-0.4, -0.2) is 30.2 Å². The molecular formula is C25H26N4O. The molecule has 30 heavy (non-hydrogen) atoms. The molecule has 0 spiro atoms. The third-order valence-corrected chi connectivity index (χ3v) is 5.02. The van der Waals surface area contributed by atoms with Crippen LogP contribution < -0.4 is 15.4 Å². The molecule has 152 valence electrons.